The molecule has 0 unspecified atom stereocenters. The molecule has 0 bridgehead atoms. The molecule has 0 saturated heterocycles. The first-order chi connectivity index (χ1) is 31.9. The molecule has 1 aliphatic heterocycles. The van der Waals surface area contributed by atoms with Crippen molar-refractivity contribution in [2.75, 3.05) is 9.80 Å². The minimum absolute atomic E-state index is 0.675. The maximum absolute atomic E-state index is 14.5. The predicted molar refractivity (Wildman–Crippen MR) is 245 cm³/mol. The summed E-state index contributed by atoms with van der Waals surface area (Å²) in [5.41, 5.74) is 9.68. The third-order valence-electron chi connectivity index (χ3n) is 10.6. The Kier molecular flexibility index (Phi) is 15.6. The number of anilines is 2. The second kappa shape index (κ2) is 21.1. The summed E-state index contributed by atoms with van der Waals surface area (Å²) in [4.78, 5) is 8.23. The molecule has 7 aromatic carbocycles. The first-order valence-electron chi connectivity index (χ1n) is 20.4. The Balaban J connectivity index is 0.000000174. The smallest absolute Gasteiger partial charge is 0.0267 e. The minimum atomic E-state index is -2.28. The van der Waals surface area contributed by atoms with Crippen molar-refractivity contribution < 1.29 is 63.2 Å². The Morgan fingerprint density at radius 1 is 0.478 bits per heavy atom. The number of hydrogen-bond acceptors (Lipinski definition) is 5. The number of aromatic nitrogens is 1. The van der Waals surface area contributed by atoms with E-state index in [1.54, 1.807) is 12.4 Å². The van der Waals surface area contributed by atoms with Gasteiger partial charge in [-0.05, 0) is 113 Å². The van der Waals surface area contributed by atoms with Gasteiger partial charge < -0.3 is 20.0 Å². The summed E-state index contributed by atoms with van der Waals surface area (Å²) in [6, 6.07) is 27.6. The Hall–Kier alpha value is -6.92. The van der Waals surface area contributed by atoms with Gasteiger partial charge in [0.05, 0.1) is 0 Å². The zero-order valence-corrected chi connectivity index (χ0v) is 38.6. The second-order valence-electron chi connectivity index (χ2n) is 15.5. The number of aryl methyl sites for hydroxylation is 6. The number of halogens is 8. The van der Waals surface area contributed by atoms with Crippen LogP contribution in [0.3, 0.4) is 0 Å². The standard InChI is InChI=1S/C21H25N2.C20H6F8O2.C7H6.C5H5N.Ru/c1-14-9-16(3)20(17(4)10-14)22-7-8-23(13-22)21-18(5)11-15(2)12-19(21)6;21-13-5-1-3-7(29)11(9(5)15(23)19(27)17(13)25)12-8(30)4-2-6-10(12)16(24)20(28)18(26)14(6)22;1-7-5-3-2-4-6-7;1-2-4-6-5-3-1;/h7-13H,1-6H3;1-4,29-30H;1-6H;1-5H;/q-1;;;;+1. The van der Waals surface area contributed by atoms with Crippen molar-refractivity contribution in [3.8, 4) is 22.6 Å². The van der Waals surface area contributed by atoms with Crippen LogP contribution in [-0.4, -0.2) is 19.8 Å². The van der Waals surface area contributed by atoms with Gasteiger partial charge in [0.25, 0.3) is 0 Å². The van der Waals surface area contributed by atoms with E-state index in [2.05, 4.69) is 130 Å². The monoisotopic (exact) mass is 1010 g/mol. The molecular weight excluding hydrogens is 964 g/mol. The molecule has 0 spiro atoms. The summed E-state index contributed by atoms with van der Waals surface area (Å²) >= 11 is 2.48. The van der Waals surface area contributed by atoms with Gasteiger partial charge in [0.15, 0.2) is 46.5 Å². The Bertz CT molecular complexity index is 2920. The molecule has 0 amide bonds. The van der Waals surface area contributed by atoms with Crippen molar-refractivity contribution >= 4 is 37.5 Å². The molecule has 0 saturated carbocycles. The second-order valence-corrected chi connectivity index (χ2v) is 16.0. The van der Waals surface area contributed by atoms with Gasteiger partial charge >= 0.3 is 58.4 Å². The van der Waals surface area contributed by atoms with E-state index in [1.807, 2.05) is 41.0 Å². The fourth-order valence-corrected chi connectivity index (χ4v) is 8.30. The van der Waals surface area contributed by atoms with E-state index >= 15 is 0 Å². The van der Waals surface area contributed by atoms with E-state index in [-0.39, 0.29) is 0 Å². The van der Waals surface area contributed by atoms with E-state index in [9.17, 15) is 45.3 Å². The van der Waals surface area contributed by atoms with Crippen molar-refractivity contribution in [3.63, 3.8) is 0 Å². The van der Waals surface area contributed by atoms with Gasteiger partial charge in [0.1, 0.15) is 11.5 Å². The Morgan fingerprint density at radius 3 is 1.15 bits per heavy atom. The molecule has 0 fully saturated rings. The number of phenolic OH excluding ortho intramolecular Hbond substituents is 2. The SMILES string of the molecule is Cc1cc(C)c(N2C=CN(c3c(C)cc(C)cc3C)[CH-]2)c(C)c1.Oc1ccc2c(F)c(F)c(F)c(F)c2c1-c1c(O)ccc2c(F)c(F)c(F)c(F)c12.[Ru+]=[CH]c1ccccc1.c1ccncc1. The molecule has 1 aliphatic rings. The van der Waals surface area contributed by atoms with Crippen molar-refractivity contribution in [3.05, 3.63) is 214 Å². The summed E-state index contributed by atoms with van der Waals surface area (Å²) in [6.45, 7) is 15.2. The van der Waals surface area contributed by atoms with Crippen LogP contribution in [-0.2, 0) is 17.9 Å². The molecule has 9 rings (SSSR count). The van der Waals surface area contributed by atoms with E-state index in [4.69, 9.17) is 0 Å². The van der Waals surface area contributed by atoms with Crippen molar-refractivity contribution in [2.45, 2.75) is 41.5 Å². The quantitative estimate of drug-likeness (QED) is 0.0605. The third-order valence-corrected chi connectivity index (χ3v) is 11.2. The average molecular weight is 1010 g/mol. The zero-order chi connectivity index (χ0) is 48.9. The van der Waals surface area contributed by atoms with Gasteiger partial charge in [-0.15, -0.1) is 6.67 Å². The van der Waals surface area contributed by atoms with Crippen LogP contribution < -0.4 is 9.80 Å². The third kappa shape index (κ3) is 10.4. The summed E-state index contributed by atoms with van der Waals surface area (Å²) in [7, 11) is 0. The van der Waals surface area contributed by atoms with Gasteiger partial charge in [0.2, 0.25) is 0 Å². The van der Waals surface area contributed by atoms with Crippen LogP contribution in [0.5, 0.6) is 11.5 Å². The van der Waals surface area contributed by atoms with Crippen LogP contribution in [0.25, 0.3) is 32.7 Å². The Labute approximate surface area is 392 Å². The number of phenols is 2. The molecule has 67 heavy (non-hydrogen) atoms. The topological polar surface area (TPSA) is 59.8 Å². The van der Waals surface area contributed by atoms with E-state index < -0.39 is 90.7 Å². The molecule has 14 heteroatoms. The fourth-order valence-electron chi connectivity index (χ4n) is 7.96. The number of aromatic hydroxyl groups is 2. The maximum Gasteiger partial charge on any atom is 0.0267 e. The molecule has 1 aromatic heterocycles. The predicted octanol–water partition coefficient (Wildman–Crippen LogP) is 14.1. The first-order valence-corrected chi connectivity index (χ1v) is 21.4. The molecule has 0 aliphatic carbocycles. The van der Waals surface area contributed by atoms with Crippen LogP contribution in [0.1, 0.15) is 38.9 Å². The summed E-state index contributed by atoms with van der Waals surface area (Å²) < 4.78 is 114. The fraction of sp³-hybridized carbons (Fsp3) is 0.113. The number of benzene rings is 7. The van der Waals surface area contributed by atoms with Crippen LogP contribution in [0.4, 0.5) is 46.5 Å². The van der Waals surface area contributed by atoms with Crippen LogP contribution in [0, 0.1) is 94.7 Å². The molecule has 0 radical (unpaired) electrons. The first kappa shape index (κ1) is 49.5. The number of nitrogens with zero attached hydrogens (tertiary/aromatic N) is 3. The molecule has 345 valence electrons. The summed E-state index contributed by atoms with van der Waals surface area (Å²) in [5.74, 6) is -18.7. The van der Waals surface area contributed by atoms with Gasteiger partial charge in [-0.1, -0.05) is 41.5 Å². The van der Waals surface area contributed by atoms with Gasteiger partial charge in [0, 0.05) is 56.4 Å². The van der Waals surface area contributed by atoms with Crippen LogP contribution >= 0.6 is 0 Å². The van der Waals surface area contributed by atoms with Crippen LogP contribution in [0.2, 0.25) is 0 Å². The normalized spacial score (nSPS) is 11.7. The number of fused-ring (bicyclic) bond motifs is 2. The molecule has 0 atom stereocenters. The number of pyridine rings is 1. The zero-order valence-electron chi connectivity index (χ0n) is 36.8. The van der Waals surface area contributed by atoms with E-state index in [1.165, 1.54) is 50.3 Å². The molecular formula is C53H42F8N3O2Ru. The minimum Gasteiger partial charge on any atom is -0.265 e. The van der Waals surface area contributed by atoms with E-state index in [0.29, 0.717) is 24.3 Å². The molecule has 8 aromatic rings. The number of rotatable bonds is 4. The number of hydrogen-bond donors (Lipinski definition) is 2. The molecule has 2 heterocycles. The van der Waals surface area contributed by atoms with Crippen molar-refractivity contribution in [2.24, 2.45) is 0 Å². The van der Waals surface area contributed by atoms with Gasteiger partial charge in [-0.25, -0.2) is 35.1 Å². The van der Waals surface area contributed by atoms with Crippen molar-refractivity contribution in [1.82, 2.24) is 4.98 Å². The largest absolute Gasteiger partial charge is 0.265 e. The maximum atomic E-state index is 14.5. The van der Waals surface area contributed by atoms with E-state index in [0.717, 1.165) is 0 Å². The van der Waals surface area contributed by atoms with Gasteiger partial charge in [-0.2, -0.15) is 0 Å². The van der Waals surface area contributed by atoms with Gasteiger partial charge in [-0.3, -0.25) is 4.98 Å². The summed E-state index contributed by atoms with van der Waals surface area (Å²) in [6.07, 6.45) is 7.78. The average Bonchev–Trinajstić information content (AvgIpc) is 3.78. The molecule has 5 nitrogen and oxygen atoms in total. The Morgan fingerprint density at radius 2 is 0.836 bits per heavy atom. The van der Waals surface area contributed by atoms with Crippen LogP contribution in [0.15, 0.2) is 122 Å². The van der Waals surface area contributed by atoms with Crippen molar-refractivity contribution in [1.29, 1.82) is 0 Å². The molecule has 2 N–H and O–H groups in total. The summed E-state index contributed by atoms with van der Waals surface area (Å²) in [5, 5.41) is 16.3.